The molecule has 0 aliphatic rings. The van der Waals surface area contributed by atoms with E-state index in [0.29, 0.717) is 0 Å². The van der Waals surface area contributed by atoms with Crippen LogP contribution < -0.4 is 10.5 Å². The van der Waals surface area contributed by atoms with E-state index >= 15 is 0 Å². The predicted octanol–water partition coefficient (Wildman–Crippen LogP) is 4.32. The average Bonchev–Trinajstić information content (AvgIpc) is 2.37. The number of nitrogens with zero attached hydrogens (tertiary/aromatic N) is 2. The number of halogens is 3. The standard InChI is InChI=1S/C11H6Cl3N3O3/c12-6-3-5(17(18)19)1-2-9(6)20-11-8(14)4-7(13)10(15)16-11/h1-4H,(H2,15,16). The van der Waals surface area contributed by atoms with E-state index < -0.39 is 4.92 Å². The van der Waals surface area contributed by atoms with Crippen molar-refractivity contribution in [3.05, 3.63) is 49.4 Å². The lowest BCUT2D eigenvalue weighted by molar-refractivity contribution is -0.384. The Labute approximate surface area is 128 Å². The van der Waals surface area contributed by atoms with Crippen LogP contribution in [-0.4, -0.2) is 9.91 Å². The molecule has 0 aliphatic carbocycles. The number of hydrogen-bond acceptors (Lipinski definition) is 5. The summed E-state index contributed by atoms with van der Waals surface area (Å²) in [7, 11) is 0. The van der Waals surface area contributed by atoms with Gasteiger partial charge in [0.05, 0.1) is 15.0 Å². The van der Waals surface area contributed by atoms with Crippen molar-refractivity contribution in [2.45, 2.75) is 0 Å². The summed E-state index contributed by atoms with van der Waals surface area (Å²) in [6.45, 7) is 0. The summed E-state index contributed by atoms with van der Waals surface area (Å²) in [4.78, 5) is 13.9. The minimum atomic E-state index is -0.568. The van der Waals surface area contributed by atoms with E-state index in [-0.39, 0.29) is 38.2 Å². The minimum absolute atomic E-state index is 0.00400. The Morgan fingerprint density at radius 1 is 1.15 bits per heavy atom. The van der Waals surface area contributed by atoms with Gasteiger partial charge in [0.2, 0.25) is 5.88 Å². The van der Waals surface area contributed by atoms with Crippen molar-refractivity contribution in [3.63, 3.8) is 0 Å². The Morgan fingerprint density at radius 3 is 2.45 bits per heavy atom. The van der Waals surface area contributed by atoms with Crippen molar-refractivity contribution in [2.24, 2.45) is 0 Å². The van der Waals surface area contributed by atoms with Crippen LogP contribution >= 0.6 is 34.8 Å². The Kier molecular flexibility index (Phi) is 4.17. The second kappa shape index (κ2) is 5.70. The lowest BCUT2D eigenvalue weighted by Gasteiger charge is -2.09. The summed E-state index contributed by atoms with van der Waals surface area (Å²) in [5.74, 6) is 0.210. The molecular weight excluding hydrogens is 328 g/mol. The van der Waals surface area contributed by atoms with Gasteiger partial charge in [-0.15, -0.1) is 0 Å². The maximum absolute atomic E-state index is 10.6. The molecule has 0 saturated heterocycles. The fourth-order valence-electron chi connectivity index (χ4n) is 1.32. The molecule has 6 nitrogen and oxygen atoms in total. The molecule has 0 saturated carbocycles. The van der Waals surface area contributed by atoms with Crippen molar-refractivity contribution in [3.8, 4) is 11.6 Å². The van der Waals surface area contributed by atoms with E-state index in [1.54, 1.807) is 0 Å². The van der Waals surface area contributed by atoms with Gasteiger partial charge in [0.1, 0.15) is 16.6 Å². The van der Waals surface area contributed by atoms with Crippen LogP contribution in [0.1, 0.15) is 0 Å². The molecule has 0 aliphatic heterocycles. The van der Waals surface area contributed by atoms with E-state index in [1.807, 2.05) is 0 Å². The molecule has 2 aromatic rings. The Bertz CT molecular complexity index is 694. The zero-order valence-corrected chi connectivity index (χ0v) is 11.9. The van der Waals surface area contributed by atoms with E-state index in [2.05, 4.69) is 4.98 Å². The van der Waals surface area contributed by atoms with Crippen LogP contribution in [0.4, 0.5) is 11.5 Å². The Balaban J connectivity index is 2.35. The van der Waals surface area contributed by atoms with Crippen LogP contribution in [0.3, 0.4) is 0 Å². The lowest BCUT2D eigenvalue weighted by Crippen LogP contribution is -1.96. The first-order valence-electron chi connectivity index (χ1n) is 5.12. The van der Waals surface area contributed by atoms with E-state index in [0.717, 1.165) is 6.07 Å². The highest BCUT2D eigenvalue weighted by Crippen LogP contribution is 2.36. The molecule has 20 heavy (non-hydrogen) atoms. The van der Waals surface area contributed by atoms with Gasteiger partial charge in [-0.05, 0) is 12.1 Å². The maximum atomic E-state index is 10.6. The first-order valence-corrected chi connectivity index (χ1v) is 6.25. The highest BCUT2D eigenvalue weighted by molar-refractivity contribution is 6.36. The summed E-state index contributed by atoms with van der Waals surface area (Å²) >= 11 is 17.5. The number of pyridine rings is 1. The number of aromatic nitrogens is 1. The number of nitrogens with two attached hydrogens (primary N) is 1. The summed E-state index contributed by atoms with van der Waals surface area (Å²) in [5, 5.41) is 11.0. The highest BCUT2D eigenvalue weighted by atomic mass is 35.5. The monoisotopic (exact) mass is 333 g/mol. The molecule has 0 spiro atoms. The van der Waals surface area contributed by atoms with Crippen LogP contribution in [0.5, 0.6) is 11.6 Å². The zero-order valence-electron chi connectivity index (χ0n) is 9.64. The summed E-state index contributed by atoms with van der Waals surface area (Å²) in [6, 6.07) is 5.11. The summed E-state index contributed by atoms with van der Waals surface area (Å²) in [6.07, 6.45) is 0. The summed E-state index contributed by atoms with van der Waals surface area (Å²) in [5.41, 5.74) is 5.39. The minimum Gasteiger partial charge on any atom is -0.436 e. The van der Waals surface area contributed by atoms with Gasteiger partial charge >= 0.3 is 0 Å². The largest absolute Gasteiger partial charge is 0.436 e. The molecule has 0 atom stereocenters. The number of ether oxygens (including phenoxy) is 1. The zero-order chi connectivity index (χ0) is 14.9. The molecular formula is C11H6Cl3N3O3. The summed E-state index contributed by atoms with van der Waals surface area (Å²) < 4.78 is 5.37. The van der Waals surface area contributed by atoms with Crippen LogP contribution in [0.25, 0.3) is 0 Å². The van der Waals surface area contributed by atoms with E-state index in [9.17, 15) is 10.1 Å². The van der Waals surface area contributed by atoms with Gasteiger partial charge < -0.3 is 10.5 Å². The van der Waals surface area contributed by atoms with Crippen LogP contribution in [0.15, 0.2) is 24.3 Å². The SMILES string of the molecule is Nc1nc(Oc2ccc([N+](=O)[O-])cc2Cl)c(Cl)cc1Cl. The van der Waals surface area contributed by atoms with Crippen molar-refractivity contribution < 1.29 is 9.66 Å². The first-order chi connectivity index (χ1) is 9.38. The van der Waals surface area contributed by atoms with Gasteiger partial charge in [-0.3, -0.25) is 10.1 Å². The van der Waals surface area contributed by atoms with Gasteiger partial charge in [0.25, 0.3) is 5.69 Å². The second-order valence-corrected chi connectivity index (χ2v) is 4.84. The molecule has 104 valence electrons. The number of hydrogen-bond donors (Lipinski definition) is 1. The second-order valence-electron chi connectivity index (χ2n) is 3.62. The predicted molar refractivity (Wildman–Crippen MR) is 76.8 cm³/mol. The molecule has 1 aromatic carbocycles. The normalized spacial score (nSPS) is 10.3. The topological polar surface area (TPSA) is 91.3 Å². The van der Waals surface area contributed by atoms with Crippen molar-refractivity contribution >= 4 is 46.3 Å². The third-order valence-corrected chi connectivity index (χ3v) is 3.13. The number of anilines is 1. The molecule has 2 rings (SSSR count). The van der Waals surface area contributed by atoms with Crippen LogP contribution in [0.2, 0.25) is 15.1 Å². The average molecular weight is 335 g/mol. The molecule has 2 N–H and O–H groups in total. The van der Waals surface area contributed by atoms with Crippen LogP contribution in [-0.2, 0) is 0 Å². The van der Waals surface area contributed by atoms with Gasteiger partial charge in [-0.25, -0.2) is 0 Å². The fourth-order valence-corrected chi connectivity index (χ4v) is 1.94. The molecule has 9 heteroatoms. The quantitative estimate of drug-likeness (QED) is 0.666. The number of rotatable bonds is 3. The number of nitro benzene ring substituents is 1. The number of benzene rings is 1. The molecule has 1 aromatic heterocycles. The third-order valence-electron chi connectivity index (χ3n) is 2.26. The molecule has 0 bridgehead atoms. The first kappa shape index (κ1) is 14.6. The number of nitrogen functional groups attached to an aromatic ring is 1. The van der Waals surface area contributed by atoms with E-state index in [4.69, 9.17) is 45.3 Å². The van der Waals surface area contributed by atoms with Crippen molar-refractivity contribution in [2.75, 3.05) is 5.73 Å². The fraction of sp³-hybridized carbons (Fsp3) is 0. The van der Waals surface area contributed by atoms with Gasteiger partial charge in [-0.2, -0.15) is 4.98 Å². The van der Waals surface area contributed by atoms with E-state index in [1.165, 1.54) is 18.2 Å². The smallest absolute Gasteiger partial charge is 0.271 e. The maximum Gasteiger partial charge on any atom is 0.271 e. The number of non-ortho nitro benzene ring substituents is 1. The van der Waals surface area contributed by atoms with Gasteiger partial charge in [0.15, 0.2) is 0 Å². The molecule has 0 amide bonds. The molecule has 0 unspecified atom stereocenters. The lowest BCUT2D eigenvalue weighted by atomic mass is 10.3. The Hall–Kier alpha value is -1.76. The third kappa shape index (κ3) is 3.04. The van der Waals surface area contributed by atoms with Crippen molar-refractivity contribution in [1.82, 2.24) is 4.98 Å². The van der Waals surface area contributed by atoms with Gasteiger partial charge in [0, 0.05) is 12.1 Å². The Morgan fingerprint density at radius 2 is 1.85 bits per heavy atom. The van der Waals surface area contributed by atoms with Crippen LogP contribution in [0, 0.1) is 10.1 Å². The van der Waals surface area contributed by atoms with Gasteiger partial charge in [-0.1, -0.05) is 34.8 Å². The highest BCUT2D eigenvalue weighted by Gasteiger charge is 2.14. The number of nitro groups is 1. The molecule has 0 radical (unpaired) electrons. The van der Waals surface area contributed by atoms with Crippen molar-refractivity contribution in [1.29, 1.82) is 0 Å². The molecule has 1 heterocycles. The molecule has 0 fully saturated rings.